The summed E-state index contributed by atoms with van der Waals surface area (Å²) in [6.07, 6.45) is 1.01. The number of benzene rings is 2. The molecule has 2 aromatic carbocycles. The minimum absolute atomic E-state index is 0.00234. The highest BCUT2D eigenvalue weighted by molar-refractivity contribution is 5.99. The number of anilines is 2. The molecule has 3 rings (SSSR count). The van der Waals surface area contributed by atoms with E-state index in [1.807, 2.05) is 38.1 Å². The quantitative estimate of drug-likeness (QED) is 0.857. The van der Waals surface area contributed by atoms with Crippen molar-refractivity contribution in [2.45, 2.75) is 26.7 Å². The molecular weight excluding hydrogens is 356 g/mol. The van der Waals surface area contributed by atoms with Gasteiger partial charge in [-0.1, -0.05) is 12.1 Å². The minimum Gasteiger partial charge on any atom is -0.497 e. The average Bonchev–Trinajstić information content (AvgIpc) is 2.77. The normalized spacial score (nSPS) is 15.3. The third-order valence-electron chi connectivity index (χ3n) is 4.88. The van der Waals surface area contributed by atoms with E-state index in [1.54, 1.807) is 37.3 Å². The number of amides is 2. The fraction of sp³-hybridized carbons (Fsp3) is 0.364. The van der Waals surface area contributed by atoms with Gasteiger partial charge >= 0.3 is 0 Å². The number of ether oxygens (including phenoxy) is 2. The van der Waals surface area contributed by atoms with Crippen molar-refractivity contribution in [1.29, 1.82) is 0 Å². The smallest absolute Gasteiger partial charge is 0.235 e. The van der Waals surface area contributed by atoms with Gasteiger partial charge in [0.1, 0.15) is 18.1 Å². The predicted octanol–water partition coefficient (Wildman–Crippen LogP) is 3.65. The van der Waals surface area contributed by atoms with E-state index in [9.17, 15) is 9.59 Å². The monoisotopic (exact) mass is 382 g/mol. The molecule has 0 bridgehead atoms. The first-order valence-electron chi connectivity index (χ1n) is 9.28. The first-order chi connectivity index (χ1) is 13.3. The molecule has 0 spiro atoms. The van der Waals surface area contributed by atoms with Crippen molar-refractivity contribution in [3.63, 3.8) is 0 Å². The largest absolute Gasteiger partial charge is 0.497 e. The fourth-order valence-electron chi connectivity index (χ4n) is 3.14. The lowest BCUT2D eigenvalue weighted by Gasteiger charge is -2.24. The molecule has 0 atom stereocenters. The Kier molecular flexibility index (Phi) is 5.58. The number of nitrogens with zero attached hydrogens (tertiary/aromatic N) is 1. The van der Waals surface area contributed by atoms with Crippen LogP contribution in [0.25, 0.3) is 0 Å². The van der Waals surface area contributed by atoms with E-state index in [2.05, 4.69) is 5.32 Å². The van der Waals surface area contributed by atoms with E-state index in [-0.39, 0.29) is 18.4 Å². The third-order valence-corrected chi connectivity index (χ3v) is 4.88. The van der Waals surface area contributed by atoms with Crippen LogP contribution in [0.1, 0.15) is 25.8 Å². The van der Waals surface area contributed by atoms with Crippen molar-refractivity contribution in [1.82, 2.24) is 0 Å². The number of aryl methyl sites for hydroxylation is 1. The Morgan fingerprint density at radius 3 is 2.61 bits per heavy atom. The second-order valence-corrected chi connectivity index (χ2v) is 7.62. The summed E-state index contributed by atoms with van der Waals surface area (Å²) in [5.41, 5.74) is 1.82. The van der Waals surface area contributed by atoms with Crippen LogP contribution in [0.15, 0.2) is 42.5 Å². The number of hydrogen-bond acceptors (Lipinski definition) is 4. The summed E-state index contributed by atoms with van der Waals surface area (Å²) in [4.78, 5) is 26.5. The highest BCUT2D eigenvalue weighted by atomic mass is 16.5. The maximum absolute atomic E-state index is 12.5. The van der Waals surface area contributed by atoms with Crippen LogP contribution in [0.4, 0.5) is 11.4 Å². The molecule has 0 saturated heterocycles. The van der Waals surface area contributed by atoms with Gasteiger partial charge in [-0.15, -0.1) is 0 Å². The van der Waals surface area contributed by atoms with E-state index in [4.69, 9.17) is 9.47 Å². The molecule has 1 heterocycles. The van der Waals surface area contributed by atoms with Gasteiger partial charge in [0.15, 0.2) is 0 Å². The van der Waals surface area contributed by atoms with E-state index in [0.29, 0.717) is 30.0 Å². The van der Waals surface area contributed by atoms with Gasteiger partial charge in [0.25, 0.3) is 0 Å². The van der Waals surface area contributed by atoms with Crippen molar-refractivity contribution in [3.8, 4) is 11.5 Å². The van der Waals surface area contributed by atoms with Crippen LogP contribution in [-0.2, 0) is 16.0 Å². The van der Waals surface area contributed by atoms with Crippen molar-refractivity contribution in [2.24, 2.45) is 5.41 Å². The molecule has 2 aromatic rings. The number of carbonyl (C=O) groups is 2. The average molecular weight is 382 g/mol. The molecule has 148 valence electrons. The van der Waals surface area contributed by atoms with Crippen LogP contribution >= 0.6 is 0 Å². The number of methoxy groups -OCH3 is 1. The fourth-order valence-corrected chi connectivity index (χ4v) is 3.14. The Morgan fingerprint density at radius 1 is 1.21 bits per heavy atom. The zero-order chi connectivity index (χ0) is 20.3. The van der Waals surface area contributed by atoms with Crippen LogP contribution in [-0.4, -0.2) is 32.6 Å². The molecule has 0 aromatic heterocycles. The van der Waals surface area contributed by atoms with Crippen molar-refractivity contribution in [2.75, 3.05) is 31.0 Å². The molecule has 28 heavy (non-hydrogen) atoms. The SMILES string of the molecule is COc1ccc(CCC(=O)Nc2ccc3c(c2)OCC(C)(C)C(=O)N3C)cc1. The van der Waals surface area contributed by atoms with Crippen LogP contribution in [0.2, 0.25) is 0 Å². The lowest BCUT2D eigenvalue weighted by atomic mass is 9.93. The highest BCUT2D eigenvalue weighted by Crippen LogP contribution is 2.37. The van der Waals surface area contributed by atoms with Crippen LogP contribution in [0.3, 0.4) is 0 Å². The van der Waals surface area contributed by atoms with Gasteiger partial charge < -0.3 is 19.7 Å². The Morgan fingerprint density at radius 2 is 1.93 bits per heavy atom. The van der Waals surface area contributed by atoms with Gasteiger partial charge in [-0.25, -0.2) is 0 Å². The lowest BCUT2D eigenvalue weighted by molar-refractivity contribution is -0.127. The standard InChI is InChI=1S/C22H26N2O4/c1-22(2)14-28-19-13-16(8-11-18(19)24(3)21(22)26)23-20(25)12-7-15-5-9-17(27-4)10-6-15/h5-6,8-11,13H,7,12,14H2,1-4H3,(H,23,25). The maximum Gasteiger partial charge on any atom is 0.235 e. The van der Waals surface area contributed by atoms with E-state index in [0.717, 1.165) is 11.3 Å². The number of rotatable bonds is 5. The summed E-state index contributed by atoms with van der Waals surface area (Å²) in [6.45, 7) is 4.01. The summed E-state index contributed by atoms with van der Waals surface area (Å²) in [6, 6.07) is 13.0. The van der Waals surface area contributed by atoms with Gasteiger partial charge in [-0.05, 0) is 50.1 Å². The van der Waals surface area contributed by atoms with Crippen molar-refractivity contribution >= 4 is 23.2 Å². The Bertz CT molecular complexity index is 875. The van der Waals surface area contributed by atoms with Gasteiger partial charge in [-0.2, -0.15) is 0 Å². The maximum atomic E-state index is 12.5. The van der Waals surface area contributed by atoms with Crippen molar-refractivity contribution in [3.05, 3.63) is 48.0 Å². The molecule has 2 amide bonds. The summed E-state index contributed by atoms with van der Waals surface area (Å²) < 4.78 is 11.0. The second-order valence-electron chi connectivity index (χ2n) is 7.62. The van der Waals surface area contributed by atoms with Crippen molar-refractivity contribution < 1.29 is 19.1 Å². The van der Waals surface area contributed by atoms with Crippen LogP contribution in [0.5, 0.6) is 11.5 Å². The van der Waals surface area contributed by atoms with E-state index < -0.39 is 5.41 Å². The Balaban J connectivity index is 1.64. The molecule has 6 heteroatoms. The van der Waals surface area contributed by atoms with Gasteiger partial charge in [-0.3, -0.25) is 9.59 Å². The molecule has 0 saturated carbocycles. The Labute approximate surface area is 165 Å². The minimum atomic E-state index is -0.602. The number of nitrogens with one attached hydrogen (secondary N) is 1. The lowest BCUT2D eigenvalue weighted by Crippen LogP contribution is -2.39. The molecule has 6 nitrogen and oxygen atoms in total. The summed E-state index contributed by atoms with van der Waals surface area (Å²) >= 11 is 0. The molecular formula is C22H26N2O4. The highest BCUT2D eigenvalue weighted by Gasteiger charge is 2.36. The molecule has 0 aliphatic carbocycles. The molecule has 0 unspecified atom stereocenters. The summed E-state index contributed by atoms with van der Waals surface area (Å²) in [7, 11) is 3.37. The second kappa shape index (κ2) is 7.92. The van der Waals surface area contributed by atoms with Crippen LogP contribution in [0, 0.1) is 5.41 Å². The van der Waals surface area contributed by atoms with Gasteiger partial charge in [0.2, 0.25) is 11.8 Å². The first-order valence-corrected chi connectivity index (χ1v) is 9.28. The van der Waals surface area contributed by atoms with Gasteiger partial charge in [0.05, 0.1) is 18.2 Å². The Hall–Kier alpha value is -3.02. The zero-order valence-corrected chi connectivity index (χ0v) is 16.7. The summed E-state index contributed by atoms with van der Waals surface area (Å²) in [5.74, 6) is 1.32. The van der Waals surface area contributed by atoms with Crippen LogP contribution < -0.4 is 19.7 Å². The molecule has 1 aliphatic heterocycles. The zero-order valence-electron chi connectivity index (χ0n) is 16.7. The van der Waals surface area contributed by atoms with E-state index in [1.165, 1.54) is 0 Å². The van der Waals surface area contributed by atoms with Gasteiger partial charge in [0, 0.05) is 25.2 Å². The number of carbonyl (C=O) groups excluding carboxylic acids is 2. The summed E-state index contributed by atoms with van der Waals surface area (Å²) in [5, 5.41) is 2.90. The molecule has 1 N–H and O–H groups in total. The topological polar surface area (TPSA) is 67.9 Å². The molecule has 0 fully saturated rings. The molecule has 1 aliphatic rings. The number of fused-ring (bicyclic) bond motifs is 1. The third kappa shape index (κ3) is 4.27. The van der Waals surface area contributed by atoms with E-state index >= 15 is 0 Å². The molecule has 0 radical (unpaired) electrons. The first kappa shape index (κ1) is 19.7. The number of hydrogen-bond donors (Lipinski definition) is 1. The predicted molar refractivity (Wildman–Crippen MR) is 109 cm³/mol.